The number of rotatable bonds is 12. The standard InChI is InChI=1S/C31H41N2O2/c1-6-7-8-9-10-15-23-33-29-21-20-27(35-5)24-28(29)31(3,4)30(33)19-14-16-22-32(25(2)34)26-17-12-11-13-18-26/h11-14,16-22,24H,6-10,15,23H2,1-5H3/q+1. The van der Waals surface area contributed by atoms with Crippen molar-refractivity contribution >= 4 is 23.0 Å². The number of benzene rings is 2. The molecule has 4 heteroatoms. The third kappa shape index (κ3) is 6.50. The van der Waals surface area contributed by atoms with Gasteiger partial charge in [-0.25, -0.2) is 0 Å². The molecule has 0 unspecified atom stereocenters. The summed E-state index contributed by atoms with van der Waals surface area (Å²) in [5, 5.41) is 0. The van der Waals surface area contributed by atoms with Crippen molar-refractivity contribution < 1.29 is 14.1 Å². The lowest BCUT2D eigenvalue weighted by Gasteiger charge is -2.16. The maximum Gasteiger partial charge on any atom is 0.227 e. The zero-order chi connectivity index (χ0) is 25.3. The van der Waals surface area contributed by atoms with Gasteiger partial charge < -0.3 is 4.74 Å². The number of methoxy groups -OCH3 is 1. The van der Waals surface area contributed by atoms with E-state index >= 15 is 0 Å². The molecule has 0 atom stereocenters. The molecule has 1 aliphatic rings. The van der Waals surface area contributed by atoms with Crippen LogP contribution in [0, 0.1) is 0 Å². The van der Waals surface area contributed by atoms with Gasteiger partial charge in [-0.3, -0.25) is 9.69 Å². The molecule has 1 aliphatic heterocycles. The Morgan fingerprint density at radius 2 is 1.71 bits per heavy atom. The highest BCUT2D eigenvalue weighted by atomic mass is 16.5. The van der Waals surface area contributed by atoms with Gasteiger partial charge in [0.15, 0.2) is 5.71 Å². The van der Waals surface area contributed by atoms with Crippen LogP contribution >= 0.6 is 0 Å². The van der Waals surface area contributed by atoms with Crippen molar-refractivity contribution in [2.45, 2.75) is 71.6 Å². The number of nitrogens with zero attached hydrogens (tertiary/aromatic N) is 2. The molecule has 0 fully saturated rings. The number of ether oxygens (including phenoxy) is 1. The first-order valence-electron chi connectivity index (χ1n) is 12.9. The molecule has 0 saturated heterocycles. The molecule has 186 valence electrons. The summed E-state index contributed by atoms with van der Waals surface area (Å²) in [7, 11) is 1.72. The minimum Gasteiger partial charge on any atom is -0.497 e. The number of para-hydroxylation sites is 1. The minimum absolute atomic E-state index is 0.0149. The predicted octanol–water partition coefficient (Wildman–Crippen LogP) is 7.55. The second-order valence-corrected chi connectivity index (χ2v) is 9.74. The lowest BCUT2D eigenvalue weighted by molar-refractivity contribution is -0.438. The highest BCUT2D eigenvalue weighted by Crippen LogP contribution is 2.42. The molecule has 0 radical (unpaired) electrons. The Bertz CT molecular complexity index is 1080. The summed E-state index contributed by atoms with van der Waals surface area (Å²) in [6, 6.07) is 16.1. The summed E-state index contributed by atoms with van der Waals surface area (Å²) in [6.45, 7) is 9.41. The van der Waals surface area contributed by atoms with E-state index in [0.29, 0.717) is 0 Å². The summed E-state index contributed by atoms with van der Waals surface area (Å²) in [6.07, 6.45) is 15.7. The molecule has 1 amide bonds. The summed E-state index contributed by atoms with van der Waals surface area (Å²) in [5.74, 6) is 0.875. The molecular formula is C31H41N2O2+. The van der Waals surface area contributed by atoms with Crippen LogP contribution in [-0.2, 0) is 10.2 Å². The van der Waals surface area contributed by atoms with Gasteiger partial charge in [-0.2, -0.15) is 4.58 Å². The maximum absolute atomic E-state index is 12.2. The number of allylic oxidation sites excluding steroid dienone is 3. The number of carbonyl (C=O) groups is 1. The lowest BCUT2D eigenvalue weighted by Crippen LogP contribution is -2.28. The van der Waals surface area contributed by atoms with Gasteiger partial charge in [0, 0.05) is 42.9 Å². The number of hydrogen-bond acceptors (Lipinski definition) is 2. The van der Waals surface area contributed by atoms with Crippen molar-refractivity contribution in [3.05, 3.63) is 78.5 Å². The molecule has 35 heavy (non-hydrogen) atoms. The highest BCUT2D eigenvalue weighted by Gasteiger charge is 2.44. The highest BCUT2D eigenvalue weighted by molar-refractivity contribution is 6.03. The fraction of sp³-hybridized carbons (Fsp3) is 0.419. The van der Waals surface area contributed by atoms with E-state index in [0.717, 1.165) is 18.0 Å². The Labute approximate surface area is 211 Å². The fourth-order valence-electron chi connectivity index (χ4n) is 4.82. The van der Waals surface area contributed by atoms with Crippen molar-refractivity contribution in [3.8, 4) is 5.75 Å². The molecule has 0 saturated carbocycles. The van der Waals surface area contributed by atoms with E-state index in [4.69, 9.17) is 4.74 Å². The van der Waals surface area contributed by atoms with Gasteiger partial charge >= 0.3 is 0 Å². The Morgan fingerprint density at radius 3 is 2.40 bits per heavy atom. The van der Waals surface area contributed by atoms with Crippen molar-refractivity contribution in [2.75, 3.05) is 18.6 Å². The topological polar surface area (TPSA) is 32.5 Å². The molecule has 0 aliphatic carbocycles. The van der Waals surface area contributed by atoms with E-state index in [1.807, 2.05) is 48.7 Å². The third-order valence-corrected chi connectivity index (χ3v) is 6.81. The van der Waals surface area contributed by atoms with Gasteiger partial charge in [0.05, 0.1) is 12.5 Å². The molecule has 0 aromatic heterocycles. The first kappa shape index (κ1) is 26.5. The third-order valence-electron chi connectivity index (χ3n) is 6.81. The molecule has 0 N–H and O–H groups in total. The van der Waals surface area contributed by atoms with Crippen LogP contribution in [0.5, 0.6) is 5.75 Å². The summed E-state index contributed by atoms with van der Waals surface area (Å²) in [5.41, 5.74) is 4.55. The summed E-state index contributed by atoms with van der Waals surface area (Å²) in [4.78, 5) is 13.9. The molecule has 2 aromatic rings. The van der Waals surface area contributed by atoms with Gasteiger partial charge in [0.2, 0.25) is 11.6 Å². The van der Waals surface area contributed by atoms with Crippen LogP contribution in [-0.4, -0.2) is 29.8 Å². The number of amides is 1. The van der Waals surface area contributed by atoms with Crippen molar-refractivity contribution in [1.29, 1.82) is 0 Å². The average molecular weight is 474 g/mol. The van der Waals surface area contributed by atoms with E-state index in [-0.39, 0.29) is 11.3 Å². The Hall–Kier alpha value is -3.14. The lowest BCUT2D eigenvalue weighted by atomic mass is 9.81. The van der Waals surface area contributed by atoms with Gasteiger partial charge in [-0.05, 0) is 50.6 Å². The largest absolute Gasteiger partial charge is 0.497 e. The number of anilines is 1. The first-order valence-corrected chi connectivity index (χ1v) is 12.9. The van der Waals surface area contributed by atoms with Crippen LogP contribution in [0.3, 0.4) is 0 Å². The smallest absolute Gasteiger partial charge is 0.227 e. The zero-order valence-corrected chi connectivity index (χ0v) is 22.1. The van der Waals surface area contributed by atoms with Crippen LogP contribution in [0.1, 0.15) is 71.8 Å². The van der Waals surface area contributed by atoms with Gasteiger partial charge in [-0.15, -0.1) is 0 Å². The van der Waals surface area contributed by atoms with Gasteiger partial charge in [0.25, 0.3) is 0 Å². The maximum atomic E-state index is 12.2. The SMILES string of the molecule is CCCCCCCC[N+]1=C(/C=C/C=C/N(C(C)=O)c2ccccc2)C(C)(C)c2cc(OC)ccc21. The van der Waals surface area contributed by atoms with Crippen LogP contribution < -0.4 is 9.64 Å². The Kier molecular flexibility index (Phi) is 9.47. The van der Waals surface area contributed by atoms with Crippen LogP contribution in [0.25, 0.3) is 0 Å². The number of unbranched alkanes of at least 4 members (excludes halogenated alkanes) is 5. The first-order chi connectivity index (χ1) is 16.9. The van der Waals surface area contributed by atoms with Crippen molar-refractivity contribution in [3.63, 3.8) is 0 Å². The van der Waals surface area contributed by atoms with E-state index in [9.17, 15) is 4.79 Å². The quantitative estimate of drug-likeness (QED) is 0.181. The Morgan fingerprint density at radius 1 is 1.00 bits per heavy atom. The van der Waals surface area contributed by atoms with Crippen LogP contribution in [0.4, 0.5) is 11.4 Å². The number of carbonyl (C=O) groups excluding carboxylic acids is 1. The summed E-state index contributed by atoms with van der Waals surface area (Å²) >= 11 is 0. The molecule has 1 heterocycles. The second-order valence-electron chi connectivity index (χ2n) is 9.74. The summed E-state index contributed by atoms with van der Waals surface area (Å²) < 4.78 is 8.01. The van der Waals surface area contributed by atoms with Crippen LogP contribution in [0.2, 0.25) is 0 Å². The van der Waals surface area contributed by atoms with Gasteiger partial charge in [-0.1, -0.05) is 56.9 Å². The number of fused-ring (bicyclic) bond motifs is 1. The van der Waals surface area contributed by atoms with Gasteiger partial charge in [0.1, 0.15) is 12.3 Å². The van der Waals surface area contributed by atoms with E-state index in [1.54, 1.807) is 18.9 Å². The van der Waals surface area contributed by atoms with E-state index < -0.39 is 0 Å². The fourth-order valence-corrected chi connectivity index (χ4v) is 4.82. The molecular weight excluding hydrogens is 432 g/mol. The molecule has 2 aromatic carbocycles. The molecule has 3 rings (SSSR count). The van der Waals surface area contributed by atoms with Crippen molar-refractivity contribution in [2.24, 2.45) is 0 Å². The normalized spacial score (nSPS) is 14.7. The second kappa shape index (κ2) is 12.5. The Balaban J connectivity index is 1.85. The van der Waals surface area contributed by atoms with E-state index in [2.05, 4.69) is 49.6 Å². The van der Waals surface area contributed by atoms with Crippen LogP contribution in [0.15, 0.2) is 73.0 Å². The van der Waals surface area contributed by atoms with Crippen molar-refractivity contribution in [1.82, 2.24) is 0 Å². The predicted molar refractivity (Wildman–Crippen MR) is 147 cm³/mol. The zero-order valence-electron chi connectivity index (χ0n) is 22.1. The van der Waals surface area contributed by atoms with E-state index in [1.165, 1.54) is 55.5 Å². The monoisotopic (exact) mass is 473 g/mol. The molecule has 0 spiro atoms. The number of hydrogen-bond donors (Lipinski definition) is 0. The molecule has 4 nitrogen and oxygen atoms in total. The minimum atomic E-state index is -0.143. The average Bonchev–Trinajstić information content (AvgIpc) is 3.06. The molecule has 0 bridgehead atoms.